The first kappa shape index (κ1) is 21.9. The quantitative estimate of drug-likeness (QED) is 0.433. The van der Waals surface area contributed by atoms with E-state index in [0.717, 1.165) is 61.5 Å². The first-order valence-corrected chi connectivity index (χ1v) is 12.9. The zero-order valence-electron chi connectivity index (χ0n) is 20.3. The number of epoxide rings is 1. The number of ether oxygens (including phenoxy) is 1. The number of hydrogen-bond donors (Lipinski definition) is 1. The highest BCUT2D eigenvalue weighted by Crippen LogP contribution is 2.77. The summed E-state index contributed by atoms with van der Waals surface area (Å²) in [5, 5.41) is 10.5. The third-order valence-corrected chi connectivity index (χ3v) is 10.6. The molecule has 8 atom stereocenters. The molecule has 1 heterocycles. The van der Waals surface area contributed by atoms with Gasteiger partial charge in [-0.2, -0.15) is 0 Å². The Bertz CT molecular complexity index is 839. The van der Waals surface area contributed by atoms with Crippen LogP contribution in [0.5, 0.6) is 0 Å². The minimum Gasteiger partial charge on any atom is -0.389 e. The lowest BCUT2D eigenvalue weighted by molar-refractivity contribution is -0.116. The molecule has 0 aromatic heterocycles. The van der Waals surface area contributed by atoms with Crippen molar-refractivity contribution in [2.45, 2.75) is 110 Å². The largest absolute Gasteiger partial charge is 0.389 e. The highest BCUT2D eigenvalue weighted by molar-refractivity contribution is 5.98. The molecule has 3 fully saturated rings. The molecule has 0 aromatic carbocycles. The molecule has 31 heavy (non-hydrogen) atoms. The number of rotatable bonds is 5. The molecule has 1 N–H and O–H groups in total. The Morgan fingerprint density at radius 3 is 2.58 bits per heavy atom. The van der Waals surface area contributed by atoms with Gasteiger partial charge >= 0.3 is 0 Å². The van der Waals surface area contributed by atoms with E-state index in [1.54, 1.807) is 0 Å². The number of aliphatic hydroxyl groups is 1. The molecular formula is C28H42O3. The topological polar surface area (TPSA) is 49.8 Å². The van der Waals surface area contributed by atoms with Gasteiger partial charge < -0.3 is 9.84 Å². The summed E-state index contributed by atoms with van der Waals surface area (Å²) in [5.74, 6) is 3.12. The van der Waals surface area contributed by atoms with Crippen molar-refractivity contribution >= 4 is 5.78 Å². The number of allylic oxidation sites excluding steroid dienone is 1. The molecule has 1 saturated heterocycles. The van der Waals surface area contributed by atoms with Gasteiger partial charge in [0.1, 0.15) is 11.2 Å². The molecule has 0 bridgehead atoms. The van der Waals surface area contributed by atoms with E-state index in [2.05, 4.69) is 41.2 Å². The van der Waals surface area contributed by atoms with Gasteiger partial charge in [-0.05, 0) is 84.3 Å². The van der Waals surface area contributed by atoms with Gasteiger partial charge in [-0.15, -0.1) is 0 Å². The van der Waals surface area contributed by atoms with E-state index < -0.39 is 6.10 Å². The van der Waals surface area contributed by atoms with Gasteiger partial charge in [0.05, 0.1) is 6.10 Å². The summed E-state index contributed by atoms with van der Waals surface area (Å²) in [7, 11) is 0. The molecule has 0 unspecified atom stereocenters. The molecule has 2 spiro atoms. The number of carbonyl (C=O) groups excluding carboxylic acids is 1. The molecule has 2 saturated carbocycles. The van der Waals surface area contributed by atoms with Crippen LogP contribution in [0, 0.1) is 35.0 Å². The average molecular weight is 427 g/mol. The Hall–Kier alpha value is -0.930. The number of Topliss-reactive ketones (excluding diaryl/α,β-unsaturated/α-hetero) is 1. The van der Waals surface area contributed by atoms with E-state index in [9.17, 15) is 9.90 Å². The van der Waals surface area contributed by atoms with Gasteiger partial charge in [0, 0.05) is 12.3 Å². The van der Waals surface area contributed by atoms with E-state index in [1.807, 2.05) is 0 Å². The minimum absolute atomic E-state index is 0.0772. The Balaban J connectivity index is 1.50. The zero-order valence-corrected chi connectivity index (χ0v) is 20.3. The molecule has 172 valence electrons. The third-order valence-electron chi connectivity index (χ3n) is 10.6. The fraction of sp³-hybridized carbons (Fsp3) is 0.821. The van der Waals surface area contributed by atoms with Crippen LogP contribution in [-0.4, -0.2) is 28.2 Å². The SMILES string of the molecule is C=C1[C@@H](O)CC[C@]23O[C@@]24CC[C@@]2(C)C4=C(C[C@@H]13)C(=O)CC[C@@H]2[C@H](C)CC[C@@H](C)C(C)C. The standard InChI is InChI=1S/C28H42O3/c1-16(2)17(3)7-8-18(4)21-9-10-24(30)20-15-22-19(5)23(29)11-12-27(22)28(31-27)14-13-26(21,6)25(20)28/h16-18,21-23,29H,5,7-15H2,1-4,6H3/t17-,18-,21-,22+,23+,26-,27-,28-/m1/s1. The molecule has 4 aliphatic carbocycles. The lowest BCUT2D eigenvalue weighted by Crippen LogP contribution is -2.46. The van der Waals surface area contributed by atoms with Gasteiger partial charge in [-0.25, -0.2) is 0 Å². The second-order valence-corrected chi connectivity index (χ2v) is 12.3. The van der Waals surface area contributed by atoms with Crippen LogP contribution >= 0.6 is 0 Å². The Morgan fingerprint density at radius 1 is 1.13 bits per heavy atom. The smallest absolute Gasteiger partial charge is 0.158 e. The van der Waals surface area contributed by atoms with Crippen molar-refractivity contribution in [1.82, 2.24) is 0 Å². The van der Waals surface area contributed by atoms with Crippen LogP contribution in [0.2, 0.25) is 0 Å². The summed E-state index contributed by atoms with van der Waals surface area (Å²) in [4.78, 5) is 13.4. The Labute approximate surface area is 188 Å². The van der Waals surface area contributed by atoms with Crippen LogP contribution in [-0.2, 0) is 9.53 Å². The second-order valence-electron chi connectivity index (χ2n) is 12.3. The zero-order chi connectivity index (χ0) is 22.3. The summed E-state index contributed by atoms with van der Waals surface area (Å²) in [6.45, 7) is 16.2. The van der Waals surface area contributed by atoms with Gasteiger partial charge in [0.25, 0.3) is 0 Å². The number of ketones is 1. The summed E-state index contributed by atoms with van der Waals surface area (Å²) in [6.07, 6.45) is 8.35. The van der Waals surface area contributed by atoms with E-state index in [0.29, 0.717) is 24.0 Å². The van der Waals surface area contributed by atoms with Crippen LogP contribution in [0.4, 0.5) is 0 Å². The second kappa shape index (κ2) is 7.03. The number of aliphatic hydroxyl groups excluding tert-OH is 1. The van der Waals surface area contributed by atoms with Crippen LogP contribution in [0.3, 0.4) is 0 Å². The highest BCUT2D eigenvalue weighted by atomic mass is 16.6. The molecule has 5 rings (SSSR count). The van der Waals surface area contributed by atoms with Crippen LogP contribution in [0.15, 0.2) is 23.3 Å². The van der Waals surface area contributed by atoms with Crippen LogP contribution in [0.25, 0.3) is 0 Å². The van der Waals surface area contributed by atoms with Gasteiger partial charge in [-0.1, -0.05) is 54.0 Å². The maximum atomic E-state index is 13.4. The van der Waals surface area contributed by atoms with Gasteiger partial charge in [0.2, 0.25) is 0 Å². The Morgan fingerprint density at radius 2 is 1.87 bits per heavy atom. The predicted octanol–water partition coefficient (Wildman–Crippen LogP) is 6.01. The van der Waals surface area contributed by atoms with E-state index in [1.165, 1.54) is 18.4 Å². The molecule has 1 aliphatic heterocycles. The summed E-state index contributed by atoms with van der Waals surface area (Å²) in [6, 6.07) is 0. The van der Waals surface area contributed by atoms with E-state index in [4.69, 9.17) is 4.74 Å². The van der Waals surface area contributed by atoms with E-state index in [-0.39, 0.29) is 22.5 Å². The number of carbonyl (C=O) groups is 1. The van der Waals surface area contributed by atoms with Gasteiger partial charge in [-0.3, -0.25) is 4.79 Å². The first-order valence-electron chi connectivity index (χ1n) is 12.9. The van der Waals surface area contributed by atoms with Crippen molar-refractivity contribution in [1.29, 1.82) is 0 Å². The monoisotopic (exact) mass is 426 g/mol. The van der Waals surface area contributed by atoms with Gasteiger partial charge in [0.15, 0.2) is 5.78 Å². The van der Waals surface area contributed by atoms with Crippen molar-refractivity contribution in [2.75, 3.05) is 0 Å². The fourth-order valence-electron chi connectivity index (χ4n) is 8.35. The lowest BCUT2D eigenvalue weighted by atomic mass is 9.57. The van der Waals surface area contributed by atoms with Crippen molar-refractivity contribution in [3.8, 4) is 0 Å². The summed E-state index contributed by atoms with van der Waals surface area (Å²) >= 11 is 0. The Kier molecular flexibility index (Phi) is 4.97. The first-order chi connectivity index (χ1) is 14.6. The summed E-state index contributed by atoms with van der Waals surface area (Å²) in [5.41, 5.74) is 3.02. The number of hydrogen-bond acceptors (Lipinski definition) is 3. The van der Waals surface area contributed by atoms with Crippen LogP contribution < -0.4 is 0 Å². The van der Waals surface area contributed by atoms with Crippen molar-refractivity contribution < 1.29 is 14.6 Å². The molecule has 3 nitrogen and oxygen atoms in total. The summed E-state index contributed by atoms with van der Waals surface area (Å²) < 4.78 is 6.78. The molecule has 0 aromatic rings. The third kappa shape index (κ3) is 2.81. The fourth-order valence-corrected chi connectivity index (χ4v) is 8.35. The molecule has 5 aliphatic rings. The van der Waals surface area contributed by atoms with Crippen molar-refractivity contribution in [3.05, 3.63) is 23.3 Å². The van der Waals surface area contributed by atoms with E-state index >= 15 is 0 Å². The maximum absolute atomic E-state index is 13.4. The highest BCUT2D eigenvalue weighted by Gasteiger charge is 2.82. The molecular weight excluding hydrogens is 384 g/mol. The minimum atomic E-state index is -0.441. The van der Waals surface area contributed by atoms with Crippen molar-refractivity contribution in [3.63, 3.8) is 0 Å². The van der Waals surface area contributed by atoms with Crippen LogP contribution in [0.1, 0.15) is 92.4 Å². The normalized spacial score (nSPS) is 45.7. The lowest BCUT2D eigenvalue weighted by Gasteiger charge is -2.44. The molecule has 0 amide bonds. The maximum Gasteiger partial charge on any atom is 0.158 e. The molecule has 0 radical (unpaired) electrons. The average Bonchev–Trinajstić information content (AvgIpc) is 3.32. The predicted molar refractivity (Wildman–Crippen MR) is 124 cm³/mol. The molecule has 3 heteroatoms. The van der Waals surface area contributed by atoms with Crippen molar-refractivity contribution in [2.24, 2.45) is 35.0 Å².